The average molecular weight is 539 g/mol. The molecule has 0 atom stereocenters. The zero-order valence-electron chi connectivity index (χ0n) is 20.3. The van der Waals surface area contributed by atoms with Gasteiger partial charge in [0.2, 0.25) is 5.91 Å². The van der Waals surface area contributed by atoms with E-state index in [9.17, 15) is 18.0 Å². The third-order valence-electron chi connectivity index (χ3n) is 5.59. The molecule has 0 saturated heterocycles. The van der Waals surface area contributed by atoms with Crippen molar-refractivity contribution in [3.8, 4) is 11.3 Å². The molecule has 0 aliphatic heterocycles. The maximum atomic E-state index is 13.4. The number of aromatic nitrogens is 1. The molecule has 0 unspecified atom stereocenters. The van der Waals surface area contributed by atoms with Gasteiger partial charge in [0.05, 0.1) is 10.6 Å². The molecule has 1 heterocycles. The van der Waals surface area contributed by atoms with Gasteiger partial charge in [-0.25, -0.2) is 13.4 Å². The van der Waals surface area contributed by atoms with Crippen LogP contribution in [-0.2, 0) is 19.6 Å². The number of hydrogen-bond donors (Lipinski definition) is 3. The predicted molar refractivity (Wildman–Crippen MR) is 147 cm³/mol. The zero-order valence-corrected chi connectivity index (χ0v) is 21.9. The second-order valence-corrected chi connectivity index (χ2v) is 11.1. The number of nitrogens with one attached hydrogen (secondary N) is 2. The highest BCUT2D eigenvalue weighted by molar-refractivity contribution is 7.93. The summed E-state index contributed by atoms with van der Waals surface area (Å²) in [7, 11) is -0.0698. The fourth-order valence-corrected chi connectivity index (χ4v) is 5.89. The van der Waals surface area contributed by atoms with Crippen LogP contribution in [0.15, 0.2) is 70.9 Å². The summed E-state index contributed by atoms with van der Waals surface area (Å²) < 4.78 is 29.4. The van der Waals surface area contributed by atoms with Crippen molar-refractivity contribution in [1.82, 2.24) is 4.98 Å². The van der Waals surface area contributed by atoms with Crippen LogP contribution >= 0.6 is 11.3 Å². The molecule has 1 amide bonds. The first-order valence-corrected chi connectivity index (χ1v) is 13.8. The second kappa shape index (κ2) is 11.0. The fraction of sp³-hybridized carbons (Fsp3) is 0.192. The Hall–Kier alpha value is -3.96. The molecule has 4 rings (SSSR count). The van der Waals surface area contributed by atoms with Gasteiger partial charge in [0.15, 0.2) is 5.13 Å². The van der Waals surface area contributed by atoms with E-state index in [1.54, 1.807) is 47.8 Å². The molecular weight excluding hydrogens is 512 g/mol. The molecule has 9 nitrogen and oxygen atoms in total. The molecule has 0 bridgehead atoms. The average Bonchev–Trinajstić information content (AvgIpc) is 3.31. The van der Waals surface area contributed by atoms with Gasteiger partial charge in [0, 0.05) is 60.0 Å². The quantitative estimate of drug-likeness (QED) is 0.258. The van der Waals surface area contributed by atoms with Crippen LogP contribution in [0, 0.1) is 0 Å². The molecule has 1 aromatic heterocycles. The van der Waals surface area contributed by atoms with E-state index >= 15 is 0 Å². The standard InChI is InChI=1S/C26H26N4O5S2/c1-30(2)22-11-4-10-20-19(22)9-5-12-23(20)37(34,35)29-18-8-3-7-17(15-18)21-16-36-26(27-21)28-24(31)13-6-14-25(32)33/h3-5,7-12,15-16,29H,6,13-14H2,1-2H3,(H,32,33)(H,27,28,31). The summed E-state index contributed by atoms with van der Waals surface area (Å²) in [4.78, 5) is 29.2. The SMILES string of the molecule is CN(C)c1cccc2c(S(=O)(=O)Nc3cccc(-c4csc(NC(=O)CCCC(=O)O)n4)c3)cccc12. The minimum atomic E-state index is -3.89. The molecule has 4 aromatic rings. The minimum Gasteiger partial charge on any atom is -0.481 e. The number of sulfonamides is 1. The number of carbonyl (C=O) groups excluding carboxylic acids is 1. The van der Waals surface area contributed by atoms with E-state index in [0.29, 0.717) is 27.5 Å². The Morgan fingerprint density at radius 1 is 1.00 bits per heavy atom. The van der Waals surface area contributed by atoms with Crippen LogP contribution < -0.4 is 14.9 Å². The monoisotopic (exact) mass is 538 g/mol. The van der Waals surface area contributed by atoms with Crippen molar-refractivity contribution in [2.75, 3.05) is 29.0 Å². The molecule has 37 heavy (non-hydrogen) atoms. The lowest BCUT2D eigenvalue weighted by molar-refractivity contribution is -0.137. The number of amides is 1. The summed E-state index contributed by atoms with van der Waals surface area (Å²) in [5.41, 5.74) is 2.55. The number of carboxylic acids is 1. The van der Waals surface area contributed by atoms with E-state index in [1.165, 1.54) is 11.3 Å². The number of benzene rings is 3. The van der Waals surface area contributed by atoms with Crippen molar-refractivity contribution in [3.05, 3.63) is 66.0 Å². The number of rotatable bonds is 10. The summed E-state index contributed by atoms with van der Waals surface area (Å²) >= 11 is 1.23. The summed E-state index contributed by atoms with van der Waals surface area (Å²) in [6.07, 6.45) is 0.256. The van der Waals surface area contributed by atoms with Crippen molar-refractivity contribution in [1.29, 1.82) is 0 Å². The van der Waals surface area contributed by atoms with Gasteiger partial charge in [0.25, 0.3) is 10.0 Å². The highest BCUT2D eigenvalue weighted by Crippen LogP contribution is 2.32. The molecule has 0 fully saturated rings. The first kappa shape index (κ1) is 26.1. The van der Waals surface area contributed by atoms with Crippen LogP contribution in [0.2, 0.25) is 0 Å². The molecular formula is C26H26N4O5S2. The summed E-state index contributed by atoms with van der Waals surface area (Å²) in [6.45, 7) is 0. The van der Waals surface area contributed by atoms with Gasteiger partial charge in [-0.2, -0.15) is 0 Å². The molecule has 192 valence electrons. The Morgan fingerprint density at radius 2 is 1.73 bits per heavy atom. The van der Waals surface area contributed by atoms with Crippen LogP contribution in [0.5, 0.6) is 0 Å². The van der Waals surface area contributed by atoms with E-state index in [-0.39, 0.29) is 30.1 Å². The molecule has 3 aromatic carbocycles. The van der Waals surface area contributed by atoms with Crippen molar-refractivity contribution in [2.45, 2.75) is 24.2 Å². The van der Waals surface area contributed by atoms with Gasteiger partial charge in [-0.05, 0) is 30.7 Å². The van der Waals surface area contributed by atoms with Gasteiger partial charge >= 0.3 is 5.97 Å². The Labute approximate surface area is 218 Å². The first-order valence-electron chi connectivity index (χ1n) is 11.4. The minimum absolute atomic E-state index is 0.0746. The number of anilines is 3. The number of carboxylic acid groups (broad SMARTS) is 1. The van der Waals surface area contributed by atoms with E-state index in [1.807, 2.05) is 37.2 Å². The van der Waals surface area contributed by atoms with Crippen LogP contribution in [0.4, 0.5) is 16.5 Å². The number of carbonyl (C=O) groups is 2. The Kier molecular flexibility index (Phi) is 7.74. The summed E-state index contributed by atoms with van der Waals surface area (Å²) in [5.74, 6) is -1.25. The van der Waals surface area contributed by atoms with E-state index in [4.69, 9.17) is 5.11 Å². The maximum Gasteiger partial charge on any atom is 0.303 e. The van der Waals surface area contributed by atoms with Crippen LogP contribution in [0.25, 0.3) is 22.0 Å². The van der Waals surface area contributed by atoms with Crippen LogP contribution in [0.3, 0.4) is 0 Å². The maximum absolute atomic E-state index is 13.4. The van der Waals surface area contributed by atoms with Crippen LogP contribution in [0.1, 0.15) is 19.3 Å². The van der Waals surface area contributed by atoms with E-state index < -0.39 is 16.0 Å². The lowest BCUT2D eigenvalue weighted by atomic mass is 10.1. The van der Waals surface area contributed by atoms with Crippen LogP contribution in [-0.4, -0.2) is 44.5 Å². The molecule has 0 aliphatic carbocycles. The topological polar surface area (TPSA) is 129 Å². The largest absolute Gasteiger partial charge is 0.481 e. The number of nitrogens with zero attached hydrogens (tertiary/aromatic N) is 2. The highest BCUT2D eigenvalue weighted by atomic mass is 32.2. The predicted octanol–water partition coefficient (Wildman–Crippen LogP) is 5.02. The summed E-state index contributed by atoms with van der Waals surface area (Å²) in [5, 5.41) is 15.0. The Balaban J connectivity index is 1.53. The van der Waals surface area contributed by atoms with Gasteiger partial charge in [0.1, 0.15) is 0 Å². The lowest BCUT2D eigenvalue weighted by Crippen LogP contribution is -2.14. The van der Waals surface area contributed by atoms with Gasteiger partial charge in [-0.1, -0.05) is 36.4 Å². The van der Waals surface area contributed by atoms with E-state index in [0.717, 1.165) is 11.1 Å². The molecule has 3 N–H and O–H groups in total. The smallest absolute Gasteiger partial charge is 0.303 e. The summed E-state index contributed by atoms with van der Waals surface area (Å²) in [6, 6.07) is 17.6. The zero-order chi connectivity index (χ0) is 26.6. The third-order valence-corrected chi connectivity index (χ3v) is 7.78. The first-order chi connectivity index (χ1) is 17.6. The van der Waals surface area contributed by atoms with Gasteiger partial charge in [-0.3, -0.25) is 14.3 Å². The molecule has 11 heteroatoms. The highest BCUT2D eigenvalue weighted by Gasteiger charge is 2.19. The van der Waals surface area contributed by atoms with Gasteiger partial charge < -0.3 is 15.3 Å². The molecule has 0 saturated carbocycles. The molecule has 0 radical (unpaired) electrons. The third kappa shape index (κ3) is 6.25. The fourth-order valence-electron chi connectivity index (χ4n) is 3.89. The molecule has 0 spiro atoms. The van der Waals surface area contributed by atoms with Crippen molar-refractivity contribution in [2.24, 2.45) is 0 Å². The van der Waals surface area contributed by atoms with Crippen molar-refractivity contribution in [3.63, 3.8) is 0 Å². The van der Waals surface area contributed by atoms with Gasteiger partial charge in [-0.15, -0.1) is 11.3 Å². The molecule has 0 aliphatic rings. The number of thiazole rings is 1. The lowest BCUT2D eigenvalue weighted by Gasteiger charge is -2.17. The second-order valence-electron chi connectivity index (χ2n) is 8.54. The Morgan fingerprint density at radius 3 is 2.49 bits per heavy atom. The Bertz CT molecular complexity index is 1560. The number of fused-ring (bicyclic) bond motifs is 1. The normalized spacial score (nSPS) is 11.3. The van der Waals surface area contributed by atoms with E-state index in [2.05, 4.69) is 15.0 Å². The van der Waals surface area contributed by atoms with Crippen molar-refractivity contribution >= 4 is 60.5 Å². The number of aliphatic carboxylic acids is 1. The number of hydrogen-bond acceptors (Lipinski definition) is 7. The van der Waals surface area contributed by atoms with Crippen molar-refractivity contribution < 1.29 is 23.1 Å².